The minimum Gasteiger partial charge on any atom is -0.343 e. The second-order valence-electron chi connectivity index (χ2n) is 10.7. The maximum Gasteiger partial charge on any atom is 0.275 e. The molecule has 2 fully saturated rings. The van der Waals surface area contributed by atoms with Crippen molar-refractivity contribution in [3.05, 3.63) is 45.9 Å². The van der Waals surface area contributed by atoms with Gasteiger partial charge in [-0.2, -0.15) is 0 Å². The summed E-state index contributed by atoms with van der Waals surface area (Å²) in [5.41, 5.74) is 2.38. The lowest BCUT2D eigenvalue weighted by Crippen LogP contribution is -2.38. The molecule has 4 rings (SSSR count). The maximum absolute atomic E-state index is 12.9. The van der Waals surface area contributed by atoms with Crippen LogP contribution in [-0.2, 0) is 10.2 Å². The Hall–Kier alpha value is -2.21. The smallest absolute Gasteiger partial charge is 0.275 e. The highest BCUT2D eigenvalue weighted by Gasteiger charge is 2.27. The Kier molecular flexibility index (Phi) is 7.52. The van der Waals surface area contributed by atoms with E-state index >= 15 is 0 Å². The zero-order valence-electron chi connectivity index (χ0n) is 20.2. The molecule has 0 spiro atoms. The summed E-state index contributed by atoms with van der Waals surface area (Å²) in [6.45, 7) is 8.03. The van der Waals surface area contributed by atoms with Crippen molar-refractivity contribution in [2.75, 3.05) is 18.4 Å². The van der Waals surface area contributed by atoms with Gasteiger partial charge in [0.25, 0.3) is 5.91 Å². The van der Waals surface area contributed by atoms with Crippen molar-refractivity contribution in [3.63, 3.8) is 0 Å². The van der Waals surface area contributed by atoms with E-state index in [1.165, 1.54) is 25.7 Å². The fraction of sp³-hybridized carbons (Fsp3) is 0.593. The Morgan fingerprint density at radius 1 is 1.09 bits per heavy atom. The number of likely N-dealkylation sites (tertiary alicyclic amines) is 1. The first kappa shape index (κ1) is 23.9. The van der Waals surface area contributed by atoms with Gasteiger partial charge in [0.05, 0.1) is 5.01 Å². The van der Waals surface area contributed by atoms with Gasteiger partial charge in [-0.3, -0.25) is 9.59 Å². The van der Waals surface area contributed by atoms with Crippen molar-refractivity contribution in [3.8, 4) is 0 Å². The Bertz CT molecular complexity index is 964. The van der Waals surface area contributed by atoms with E-state index in [-0.39, 0.29) is 11.3 Å². The maximum atomic E-state index is 12.9. The van der Waals surface area contributed by atoms with Crippen LogP contribution in [0.15, 0.2) is 29.6 Å². The fourth-order valence-electron chi connectivity index (χ4n) is 5.17. The summed E-state index contributed by atoms with van der Waals surface area (Å²) in [5, 5.41) is 5.94. The Labute approximate surface area is 202 Å². The number of thiazole rings is 1. The molecule has 2 aromatic rings. The van der Waals surface area contributed by atoms with Crippen molar-refractivity contribution in [2.45, 2.75) is 83.5 Å². The molecule has 0 atom stereocenters. The van der Waals surface area contributed by atoms with Gasteiger partial charge < -0.3 is 10.2 Å². The van der Waals surface area contributed by atoms with Gasteiger partial charge in [0, 0.05) is 36.5 Å². The zero-order valence-corrected chi connectivity index (χ0v) is 21.0. The third kappa shape index (κ3) is 6.03. The number of hydrogen-bond donors (Lipinski definition) is 1. The lowest BCUT2D eigenvalue weighted by molar-refractivity contribution is -0.132. The van der Waals surface area contributed by atoms with Crippen LogP contribution >= 0.6 is 11.3 Å². The molecule has 2 heterocycles. The van der Waals surface area contributed by atoms with Crippen LogP contribution in [0.3, 0.4) is 0 Å². The summed E-state index contributed by atoms with van der Waals surface area (Å²) >= 11 is 1.57. The molecular formula is C27H37N3O2S. The number of carbonyl (C=O) groups is 2. The molecule has 0 bridgehead atoms. The van der Waals surface area contributed by atoms with Gasteiger partial charge in [0.15, 0.2) is 0 Å². The predicted octanol–water partition coefficient (Wildman–Crippen LogP) is 6.37. The standard InChI is InChI=1S/C27H37N3O2S/c1-27(2,3)21-10-6-7-11-22(21)28-25(32)23-18-33-26(29-23)20-14-16-30(17-15-20)24(31)13-12-19-8-4-5-9-19/h6-7,10-11,18-20H,4-5,8-9,12-17H2,1-3H3,(H,28,32). The summed E-state index contributed by atoms with van der Waals surface area (Å²) in [7, 11) is 0. The molecule has 1 saturated heterocycles. The van der Waals surface area contributed by atoms with Crippen LogP contribution in [0.5, 0.6) is 0 Å². The lowest BCUT2D eigenvalue weighted by atomic mass is 9.86. The molecule has 1 aliphatic heterocycles. The van der Waals surface area contributed by atoms with Crippen LogP contribution in [0.2, 0.25) is 0 Å². The van der Waals surface area contributed by atoms with Crippen molar-refractivity contribution in [1.29, 1.82) is 0 Å². The van der Waals surface area contributed by atoms with Gasteiger partial charge in [0.1, 0.15) is 5.69 Å². The van der Waals surface area contributed by atoms with Crippen molar-refractivity contribution >= 4 is 28.8 Å². The van der Waals surface area contributed by atoms with Crippen molar-refractivity contribution in [2.24, 2.45) is 5.92 Å². The molecule has 33 heavy (non-hydrogen) atoms. The topological polar surface area (TPSA) is 62.3 Å². The molecule has 5 nitrogen and oxygen atoms in total. The molecule has 2 amide bonds. The Balaban J connectivity index is 1.30. The normalized spacial score (nSPS) is 18.0. The molecule has 2 aliphatic rings. The van der Waals surface area contributed by atoms with E-state index in [9.17, 15) is 9.59 Å². The molecule has 6 heteroatoms. The number of rotatable bonds is 6. The largest absolute Gasteiger partial charge is 0.343 e. The number of anilines is 1. The molecule has 1 N–H and O–H groups in total. The highest BCUT2D eigenvalue weighted by atomic mass is 32.1. The second-order valence-corrected chi connectivity index (χ2v) is 11.6. The molecular weight excluding hydrogens is 430 g/mol. The third-order valence-corrected chi connectivity index (χ3v) is 8.18. The SMILES string of the molecule is CC(C)(C)c1ccccc1NC(=O)c1csc(C2CCN(C(=O)CCC3CCCC3)CC2)n1. The number of nitrogens with zero attached hydrogens (tertiary/aromatic N) is 2. The van der Waals surface area contributed by atoms with E-state index in [0.717, 1.165) is 54.5 Å². The van der Waals surface area contributed by atoms with Crippen LogP contribution < -0.4 is 5.32 Å². The summed E-state index contributed by atoms with van der Waals surface area (Å²) in [6.07, 6.45) is 8.89. The van der Waals surface area contributed by atoms with Crippen LogP contribution in [0, 0.1) is 5.92 Å². The van der Waals surface area contributed by atoms with Crippen LogP contribution in [-0.4, -0.2) is 34.8 Å². The molecule has 1 aromatic carbocycles. The fourth-order valence-corrected chi connectivity index (χ4v) is 6.14. The molecule has 178 valence electrons. The summed E-state index contributed by atoms with van der Waals surface area (Å²) in [5.74, 6) is 1.25. The van der Waals surface area contributed by atoms with E-state index < -0.39 is 0 Å². The van der Waals surface area contributed by atoms with Crippen LogP contribution in [0.4, 0.5) is 5.69 Å². The number of para-hydroxylation sites is 1. The summed E-state index contributed by atoms with van der Waals surface area (Å²) in [4.78, 5) is 32.2. The molecule has 0 radical (unpaired) electrons. The number of benzene rings is 1. The van der Waals surface area contributed by atoms with Crippen LogP contribution in [0.25, 0.3) is 0 Å². The Morgan fingerprint density at radius 2 is 1.79 bits per heavy atom. The molecule has 0 unspecified atom stereocenters. The first-order chi connectivity index (χ1) is 15.8. The van der Waals surface area contributed by atoms with E-state index in [4.69, 9.17) is 0 Å². The number of aromatic nitrogens is 1. The zero-order chi connectivity index (χ0) is 23.4. The molecule has 1 aliphatic carbocycles. The number of piperidine rings is 1. The number of carbonyl (C=O) groups excluding carboxylic acids is 2. The van der Waals surface area contributed by atoms with Gasteiger partial charge in [-0.15, -0.1) is 11.3 Å². The first-order valence-corrected chi connectivity index (χ1v) is 13.3. The van der Waals surface area contributed by atoms with Crippen LogP contribution in [0.1, 0.15) is 99.1 Å². The number of amides is 2. The minimum absolute atomic E-state index is 0.0559. The number of nitrogens with one attached hydrogen (secondary N) is 1. The average Bonchev–Trinajstić information content (AvgIpc) is 3.50. The van der Waals surface area contributed by atoms with E-state index in [0.29, 0.717) is 23.9 Å². The highest BCUT2D eigenvalue weighted by molar-refractivity contribution is 7.10. The van der Waals surface area contributed by atoms with Gasteiger partial charge in [0.2, 0.25) is 5.91 Å². The van der Waals surface area contributed by atoms with Gasteiger partial charge in [-0.25, -0.2) is 4.98 Å². The summed E-state index contributed by atoms with van der Waals surface area (Å²) in [6, 6.07) is 7.96. The van der Waals surface area contributed by atoms with Gasteiger partial charge in [-0.05, 0) is 42.2 Å². The number of hydrogen-bond acceptors (Lipinski definition) is 4. The molecule has 1 saturated carbocycles. The van der Waals surface area contributed by atoms with Crippen molar-refractivity contribution in [1.82, 2.24) is 9.88 Å². The predicted molar refractivity (Wildman–Crippen MR) is 135 cm³/mol. The van der Waals surface area contributed by atoms with E-state index in [2.05, 4.69) is 37.1 Å². The Morgan fingerprint density at radius 3 is 2.48 bits per heavy atom. The van der Waals surface area contributed by atoms with E-state index in [1.54, 1.807) is 11.3 Å². The monoisotopic (exact) mass is 467 g/mol. The highest BCUT2D eigenvalue weighted by Crippen LogP contribution is 2.33. The summed E-state index contributed by atoms with van der Waals surface area (Å²) < 4.78 is 0. The third-order valence-electron chi connectivity index (χ3n) is 7.18. The van der Waals surface area contributed by atoms with E-state index in [1.807, 2.05) is 28.5 Å². The van der Waals surface area contributed by atoms with Crippen molar-refractivity contribution < 1.29 is 9.59 Å². The average molecular weight is 468 g/mol. The molecule has 1 aromatic heterocycles. The lowest BCUT2D eigenvalue weighted by Gasteiger charge is -2.31. The minimum atomic E-state index is -0.159. The van der Waals surface area contributed by atoms with Gasteiger partial charge >= 0.3 is 0 Å². The quantitative estimate of drug-likeness (QED) is 0.537. The van der Waals surface area contributed by atoms with Gasteiger partial charge in [-0.1, -0.05) is 64.7 Å². The second kappa shape index (κ2) is 10.4. The first-order valence-electron chi connectivity index (χ1n) is 12.5.